The Morgan fingerprint density at radius 3 is 2.48 bits per heavy atom. The summed E-state index contributed by atoms with van der Waals surface area (Å²) in [5, 5.41) is 0.615. The van der Waals surface area contributed by atoms with Crippen molar-refractivity contribution in [3.8, 4) is 11.3 Å². The van der Waals surface area contributed by atoms with Crippen molar-refractivity contribution in [3.05, 3.63) is 71.2 Å². The molecule has 1 amide bonds. The highest BCUT2D eigenvalue weighted by atomic mass is 35.5. The summed E-state index contributed by atoms with van der Waals surface area (Å²) < 4.78 is 5.80. The monoisotopic (exact) mass is 411 g/mol. The summed E-state index contributed by atoms with van der Waals surface area (Å²) in [6.45, 7) is 3.25. The number of hydrogen-bond donors (Lipinski definition) is 0. The van der Waals surface area contributed by atoms with E-state index in [0.717, 1.165) is 16.8 Å². The van der Waals surface area contributed by atoms with Gasteiger partial charge in [-0.05, 0) is 36.8 Å². The number of halogens is 1. The van der Waals surface area contributed by atoms with Gasteiger partial charge in [0, 0.05) is 51.3 Å². The van der Waals surface area contributed by atoms with Crippen LogP contribution in [0.2, 0.25) is 5.02 Å². The van der Waals surface area contributed by atoms with Crippen LogP contribution in [-0.2, 0) is 17.8 Å². The summed E-state index contributed by atoms with van der Waals surface area (Å²) in [5.41, 5.74) is 3.06. The lowest BCUT2D eigenvalue weighted by molar-refractivity contribution is -0.131. The van der Waals surface area contributed by atoms with E-state index in [1.807, 2.05) is 50.2 Å². The van der Waals surface area contributed by atoms with Crippen molar-refractivity contribution in [2.75, 3.05) is 25.5 Å². The van der Waals surface area contributed by atoms with Crippen molar-refractivity contribution in [1.29, 1.82) is 0 Å². The number of aryl methyl sites for hydroxylation is 1. The zero-order chi connectivity index (χ0) is 20.8. The maximum atomic E-state index is 12.7. The Kier molecular flexibility index (Phi) is 6.94. The summed E-state index contributed by atoms with van der Waals surface area (Å²) in [5.74, 6) is 1.24. The Bertz CT molecular complexity index is 951. The van der Waals surface area contributed by atoms with Gasteiger partial charge in [0.15, 0.2) is 11.7 Å². The fourth-order valence-corrected chi connectivity index (χ4v) is 3.31. The molecule has 29 heavy (non-hydrogen) atoms. The van der Waals surface area contributed by atoms with E-state index < -0.39 is 0 Å². The van der Waals surface area contributed by atoms with Crippen LogP contribution in [0.25, 0.3) is 11.3 Å². The molecule has 0 aliphatic carbocycles. The number of oxazole rings is 1. The molecule has 0 bridgehead atoms. The lowest BCUT2D eigenvalue weighted by Gasteiger charge is -2.21. The van der Waals surface area contributed by atoms with Crippen LogP contribution < -0.4 is 4.90 Å². The van der Waals surface area contributed by atoms with E-state index in [9.17, 15) is 4.79 Å². The second-order valence-electron chi connectivity index (χ2n) is 7.07. The highest BCUT2D eigenvalue weighted by Crippen LogP contribution is 2.28. The molecule has 152 valence electrons. The van der Waals surface area contributed by atoms with Gasteiger partial charge in [-0.1, -0.05) is 35.9 Å². The van der Waals surface area contributed by atoms with E-state index in [1.54, 1.807) is 6.20 Å². The fraction of sp³-hybridized carbons (Fsp3) is 0.304. The third kappa shape index (κ3) is 5.39. The molecule has 6 heteroatoms. The van der Waals surface area contributed by atoms with Crippen molar-refractivity contribution >= 4 is 23.2 Å². The number of aromatic nitrogens is 1. The van der Waals surface area contributed by atoms with Crippen molar-refractivity contribution in [2.24, 2.45) is 0 Å². The summed E-state index contributed by atoms with van der Waals surface area (Å²) in [6, 6.07) is 15.7. The number of carbonyl (C=O) groups excluding carboxylic acids is 1. The van der Waals surface area contributed by atoms with Crippen LogP contribution in [0.4, 0.5) is 5.69 Å². The van der Waals surface area contributed by atoms with E-state index in [0.29, 0.717) is 42.6 Å². The summed E-state index contributed by atoms with van der Waals surface area (Å²) in [7, 11) is 4.02. The average molecular weight is 412 g/mol. The molecule has 0 spiro atoms. The molecule has 1 heterocycles. The number of nitrogens with zero attached hydrogens (tertiary/aromatic N) is 3. The van der Waals surface area contributed by atoms with Crippen molar-refractivity contribution < 1.29 is 9.21 Å². The maximum absolute atomic E-state index is 12.7. The van der Waals surface area contributed by atoms with Gasteiger partial charge in [-0.3, -0.25) is 4.79 Å². The van der Waals surface area contributed by atoms with Gasteiger partial charge in [-0.25, -0.2) is 4.98 Å². The molecule has 0 fully saturated rings. The van der Waals surface area contributed by atoms with Crippen LogP contribution in [0, 0.1) is 0 Å². The highest BCUT2D eigenvalue weighted by molar-refractivity contribution is 6.33. The molecule has 0 radical (unpaired) electrons. The normalized spacial score (nSPS) is 10.8. The number of carbonyl (C=O) groups is 1. The molecule has 0 aliphatic rings. The topological polar surface area (TPSA) is 49.6 Å². The van der Waals surface area contributed by atoms with E-state index >= 15 is 0 Å². The Labute approximate surface area is 176 Å². The minimum atomic E-state index is 0.0849. The van der Waals surface area contributed by atoms with Crippen LogP contribution in [0.3, 0.4) is 0 Å². The quantitative estimate of drug-likeness (QED) is 0.521. The predicted molar refractivity (Wildman–Crippen MR) is 117 cm³/mol. The Morgan fingerprint density at radius 1 is 1.10 bits per heavy atom. The summed E-state index contributed by atoms with van der Waals surface area (Å²) in [4.78, 5) is 20.9. The Hall–Kier alpha value is -2.79. The van der Waals surface area contributed by atoms with E-state index in [1.165, 1.54) is 0 Å². The summed E-state index contributed by atoms with van der Waals surface area (Å²) in [6.07, 6.45) is 2.47. The van der Waals surface area contributed by atoms with Gasteiger partial charge in [0.2, 0.25) is 5.91 Å². The SMILES string of the molecule is CCN(Cc1ccc(N(C)C)cc1)C(=O)CCc1ncc(-c2ccccc2Cl)o1. The van der Waals surface area contributed by atoms with Gasteiger partial charge >= 0.3 is 0 Å². The van der Waals surface area contributed by atoms with Gasteiger partial charge in [-0.2, -0.15) is 0 Å². The first-order chi connectivity index (χ1) is 14.0. The molecule has 0 unspecified atom stereocenters. The molecular weight excluding hydrogens is 386 g/mol. The van der Waals surface area contributed by atoms with Crippen molar-refractivity contribution in [2.45, 2.75) is 26.3 Å². The second kappa shape index (κ2) is 9.61. The molecule has 5 nitrogen and oxygen atoms in total. The number of hydrogen-bond acceptors (Lipinski definition) is 4. The Morgan fingerprint density at radius 2 is 1.83 bits per heavy atom. The molecule has 0 aliphatic heterocycles. The van der Waals surface area contributed by atoms with Crippen molar-refractivity contribution in [3.63, 3.8) is 0 Å². The molecule has 0 N–H and O–H groups in total. The average Bonchev–Trinajstić information content (AvgIpc) is 3.19. The Balaban J connectivity index is 1.58. The van der Waals surface area contributed by atoms with Crippen LogP contribution in [-0.4, -0.2) is 36.4 Å². The zero-order valence-electron chi connectivity index (χ0n) is 17.1. The number of rotatable bonds is 8. The molecule has 0 saturated heterocycles. The van der Waals surface area contributed by atoms with Gasteiger partial charge in [0.05, 0.1) is 11.2 Å². The van der Waals surface area contributed by atoms with Crippen LogP contribution in [0.15, 0.2) is 59.1 Å². The van der Waals surface area contributed by atoms with Gasteiger partial charge in [0.25, 0.3) is 0 Å². The largest absolute Gasteiger partial charge is 0.441 e. The maximum Gasteiger partial charge on any atom is 0.223 e. The van der Waals surface area contributed by atoms with Crippen molar-refractivity contribution in [1.82, 2.24) is 9.88 Å². The smallest absolute Gasteiger partial charge is 0.223 e. The first-order valence-electron chi connectivity index (χ1n) is 9.71. The van der Waals surface area contributed by atoms with Crippen LogP contribution in [0.1, 0.15) is 24.8 Å². The lowest BCUT2D eigenvalue weighted by atomic mass is 10.1. The predicted octanol–water partition coefficient (Wildman–Crippen LogP) is 5.04. The second-order valence-corrected chi connectivity index (χ2v) is 7.47. The molecule has 2 aromatic carbocycles. The van der Waals surface area contributed by atoms with Crippen LogP contribution >= 0.6 is 11.6 Å². The molecular formula is C23H26ClN3O2. The third-order valence-electron chi connectivity index (χ3n) is 4.81. The minimum Gasteiger partial charge on any atom is -0.441 e. The first kappa shape index (κ1) is 20.9. The molecule has 3 aromatic rings. The molecule has 0 saturated carbocycles. The molecule has 1 aromatic heterocycles. The standard InChI is InChI=1S/C23H26ClN3O2/c1-4-27(16-17-9-11-18(12-10-17)26(2)3)23(28)14-13-22-25-15-21(29-22)19-7-5-6-8-20(19)24/h5-12,15H,4,13-14,16H2,1-3H3. The number of anilines is 1. The third-order valence-corrected chi connectivity index (χ3v) is 5.14. The fourth-order valence-electron chi connectivity index (χ4n) is 3.08. The van der Waals surface area contributed by atoms with Gasteiger partial charge in [0.1, 0.15) is 0 Å². The summed E-state index contributed by atoms with van der Waals surface area (Å²) >= 11 is 6.21. The van der Waals surface area contributed by atoms with Gasteiger partial charge in [-0.15, -0.1) is 0 Å². The number of benzene rings is 2. The van der Waals surface area contributed by atoms with E-state index in [4.69, 9.17) is 16.0 Å². The first-order valence-corrected chi connectivity index (χ1v) is 10.1. The highest BCUT2D eigenvalue weighted by Gasteiger charge is 2.15. The minimum absolute atomic E-state index is 0.0849. The zero-order valence-corrected chi connectivity index (χ0v) is 17.8. The van der Waals surface area contributed by atoms with E-state index in [2.05, 4.69) is 34.1 Å². The lowest BCUT2D eigenvalue weighted by Crippen LogP contribution is -2.30. The van der Waals surface area contributed by atoms with Gasteiger partial charge < -0.3 is 14.2 Å². The van der Waals surface area contributed by atoms with Crippen LogP contribution in [0.5, 0.6) is 0 Å². The van der Waals surface area contributed by atoms with E-state index in [-0.39, 0.29) is 5.91 Å². The molecule has 3 rings (SSSR count). The number of amides is 1. The molecule has 0 atom stereocenters.